The second-order valence-corrected chi connectivity index (χ2v) is 9.32. The van der Waals surface area contributed by atoms with Crippen LogP contribution in [0.15, 0.2) is 60.5 Å². The van der Waals surface area contributed by atoms with Crippen LogP contribution in [0.4, 0.5) is 0 Å². The molecular weight excluding hydrogens is 460 g/mol. The molecule has 0 fully saturated rings. The van der Waals surface area contributed by atoms with Crippen LogP contribution in [0.1, 0.15) is 0 Å². The van der Waals surface area contributed by atoms with Gasteiger partial charge < -0.3 is 14.6 Å². The van der Waals surface area contributed by atoms with Crippen LogP contribution in [0, 0.1) is 0 Å². The van der Waals surface area contributed by atoms with E-state index in [0.29, 0.717) is 23.9 Å². The van der Waals surface area contributed by atoms with Gasteiger partial charge in [-0.15, -0.1) is 11.3 Å². The molecule has 6 aromatic rings. The first-order valence-corrected chi connectivity index (χ1v) is 12.0. The maximum absolute atomic E-state index is 5.85. The van der Waals surface area contributed by atoms with E-state index in [-0.39, 0.29) is 0 Å². The maximum Gasteiger partial charge on any atom is 0.161 e. The summed E-state index contributed by atoms with van der Waals surface area (Å²) in [4.78, 5) is 25.1. The molecule has 0 aliphatic heterocycles. The van der Waals surface area contributed by atoms with Crippen molar-refractivity contribution in [2.75, 3.05) is 27.2 Å². The summed E-state index contributed by atoms with van der Waals surface area (Å²) in [7, 11) is 4.03. The van der Waals surface area contributed by atoms with Crippen LogP contribution >= 0.6 is 11.3 Å². The number of aromatic amines is 2. The molecule has 0 saturated heterocycles. The minimum atomic E-state index is 0.588. The number of fused-ring (bicyclic) bond motifs is 2. The number of hydrogen-bond acceptors (Lipinski definition) is 8. The molecule has 2 N–H and O–H groups in total. The number of nitrogens with zero attached hydrogens (tertiary/aromatic N) is 6. The Morgan fingerprint density at radius 2 is 1.89 bits per heavy atom. The third-order valence-electron chi connectivity index (χ3n) is 5.63. The Morgan fingerprint density at radius 1 is 0.971 bits per heavy atom. The maximum atomic E-state index is 5.85. The van der Waals surface area contributed by atoms with Crippen LogP contribution in [-0.4, -0.2) is 67.3 Å². The highest BCUT2D eigenvalue weighted by Gasteiger charge is 2.17. The van der Waals surface area contributed by atoms with Gasteiger partial charge in [0.05, 0.1) is 29.1 Å². The Labute approximate surface area is 204 Å². The van der Waals surface area contributed by atoms with Crippen molar-refractivity contribution in [3.8, 4) is 39.0 Å². The number of imidazole rings is 1. The van der Waals surface area contributed by atoms with Gasteiger partial charge in [-0.3, -0.25) is 15.1 Å². The van der Waals surface area contributed by atoms with Crippen LogP contribution in [0.25, 0.3) is 55.3 Å². The van der Waals surface area contributed by atoms with Crippen molar-refractivity contribution in [3.05, 3.63) is 60.5 Å². The Hall–Kier alpha value is -4.15. The summed E-state index contributed by atoms with van der Waals surface area (Å²) in [6.07, 6.45) is 7.13. The quantitative estimate of drug-likeness (QED) is 0.342. The van der Waals surface area contributed by atoms with E-state index in [1.54, 1.807) is 29.9 Å². The number of pyridine rings is 3. The molecule has 0 bridgehead atoms. The third-order valence-corrected chi connectivity index (χ3v) is 6.53. The van der Waals surface area contributed by atoms with Crippen LogP contribution < -0.4 is 4.74 Å². The summed E-state index contributed by atoms with van der Waals surface area (Å²) in [6, 6.07) is 9.96. The van der Waals surface area contributed by atoms with Crippen LogP contribution in [0.2, 0.25) is 0 Å². The van der Waals surface area contributed by atoms with E-state index in [1.807, 2.05) is 49.9 Å². The number of thiophene rings is 1. The Kier molecular flexibility index (Phi) is 5.44. The molecule has 0 saturated carbocycles. The average molecular weight is 483 g/mol. The number of hydrogen-bond donors (Lipinski definition) is 2. The van der Waals surface area contributed by atoms with Gasteiger partial charge in [-0.2, -0.15) is 5.10 Å². The van der Waals surface area contributed by atoms with Gasteiger partial charge in [-0.05, 0) is 43.7 Å². The molecule has 9 nitrogen and oxygen atoms in total. The topological polar surface area (TPSA) is 109 Å². The van der Waals surface area contributed by atoms with E-state index < -0.39 is 0 Å². The highest BCUT2D eigenvalue weighted by Crippen LogP contribution is 2.33. The van der Waals surface area contributed by atoms with E-state index in [0.717, 1.165) is 50.3 Å². The highest BCUT2D eigenvalue weighted by atomic mass is 32.1. The zero-order chi connectivity index (χ0) is 23.8. The van der Waals surface area contributed by atoms with Crippen molar-refractivity contribution in [2.45, 2.75) is 0 Å². The van der Waals surface area contributed by atoms with Gasteiger partial charge in [0.1, 0.15) is 23.4 Å². The fraction of sp³-hybridized carbons (Fsp3) is 0.160. The zero-order valence-corrected chi connectivity index (χ0v) is 20.0. The fourth-order valence-corrected chi connectivity index (χ4v) is 4.60. The number of nitrogens with one attached hydrogen (secondary N) is 2. The number of ether oxygens (including phenoxy) is 1. The van der Waals surface area contributed by atoms with Crippen molar-refractivity contribution in [2.24, 2.45) is 0 Å². The standard InChI is InChI=1S/C25H22N8OS/c1-33(2)7-8-34-16-10-15(11-26-12-16)18-5-6-19-23(28-18)24(32-31-19)25-29-20-14-27-13-17(22(20)30-25)21-4-3-9-35-21/h3-6,9-14H,7-8H2,1-2H3,(H,29,30)(H,31,32). The van der Waals surface area contributed by atoms with Crippen LogP contribution in [0.5, 0.6) is 5.75 Å². The molecule has 174 valence electrons. The molecular formula is C25H22N8OS. The first-order valence-electron chi connectivity index (χ1n) is 11.1. The van der Waals surface area contributed by atoms with Crippen molar-refractivity contribution in [1.82, 2.24) is 40.0 Å². The van der Waals surface area contributed by atoms with E-state index in [9.17, 15) is 0 Å². The molecule has 0 unspecified atom stereocenters. The van der Waals surface area contributed by atoms with Crippen molar-refractivity contribution >= 4 is 33.4 Å². The summed E-state index contributed by atoms with van der Waals surface area (Å²) in [5.41, 5.74) is 6.56. The molecule has 0 atom stereocenters. The van der Waals surface area contributed by atoms with Gasteiger partial charge in [0.2, 0.25) is 0 Å². The van der Waals surface area contributed by atoms with E-state index in [4.69, 9.17) is 14.7 Å². The number of likely N-dealkylation sites (N-methyl/N-ethyl adjacent to an activating group) is 1. The van der Waals surface area contributed by atoms with E-state index in [2.05, 4.69) is 36.1 Å². The largest absolute Gasteiger partial charge is 0.491 e. The fourth-order valence-electron chi connectivity index (χ4n) is 3.87. The van der Waals surface area contributed by atoms with E-state index in [1.165, 1.54) is 0 Å². The van der Waals surface area contributed by atoms with Gasteiger partial charge in [-0.1, -0.05) is 6.07 Å². The summed E-state index contributed by atoms with van der Waals surface area (Å²) in [5.74, 6) is 1.35. The Bertz CT molecular complexity index is 1620. The molecule has 0 aromatic carbocycles. The monoisotopic (exact) mass is 482 g/mol. The second-order valence-electron chi connectivity index (χ2n) is 8.37. The molecule has 6 aromatic heterocycles. The van der Waals surface area contributed by atoms with Gasteiger partial charge in [0, 0.05) is 34.9 Å². The van der Waals surface area contributed by atoms with Gasteiger partial charge in [-0.25, -0.2) is 9.97 Å². The summed E-state index contributed by atoms with van der Waals surface area (Å²) in [6.45, 7) is 1.42. The molecule has 10 heteroatoms. The minimum absolute atomic E-state index is 0.588. The molecule has 35 heavy (non-hydrogen) atoms. The average Bonchev–Trinajstić information content (AvgIpc) is 3.62. The second kappa shape index (κ2) is 8.90. The number of aromatic nitrogens is 7. The molecule has 6 heterocycles. The lowest BCUT2D eigenvalue weighted by Crippen LogP contribution is -2.19. The zero-order valence-electron chi connectivity index (χ0n) is 19.2. The minimum Gasteiger partial charge on any atom is -0.491 e. The van der Waals surface area contributed by atoms with E-state index >= 15 is 0 Å². The predicted molar refractivity (Wildman–Crippen MR) is 137 cm³/mol. The predicted octanol–water partition coefficient (Wildman–Crippen LogP) is 4.63. The van der Waals surface area contributed by atoms with Crippen LogP contribution in [0.3, 0.4) is 0 Å². The van der Waals surface area contributed by atoms with Gasteiger partial charge in [0.15, 0.2) is 11.5 Å². The third kappa shape index (κ3) is 4.13. The molecule has 0 radical (unpaired) electrons. The summed E-state index contributed by atoms with van der Waals surface area (Å²) in [5, 5.41) is 9.64. The summed E-state index contributed by atoms with van der Waals surface area (Å²) < 4.78 is 5.85. The lowest BCUT2D eigenvalue weighted by Gasteiger charge is -2.11. The van der Waals surface area contributed by atoms with Crippen molar-refractivity contribution < 1.29 is 4.74 Å². The summed E-state index contributed by atoms with van der Waals surface area (Å²) >= 11 is 1.66. The van der Waals surface area contributed by atoms with Gasteiger partial charge >= 0.3 is 0 Å². The molecule has 6 rings (SSSR count). The first kappa shape index (κ1) is 21.4. The molecule has 0 aliphatic rings. The Morgan fingerprint density at radius 3 is 2.74 bits per heavy atom. The number of rotatable bonds is 7. The molecule has 0 spiro atoms. The lowest BCUT2D eigenvalue weighted by molar-refractivity contribution is 0.261. The van der Waals surface area contributed by atoms with Gasteiger partial charge in [0.25, 0.3) is 0 Å². The highest BCUT2D eigenvalue weighted by molar-refractivity contribution is 7.13. The number of H-pyrrole nitrogens is 2. The van der Waals surface area contributed by atoms with Crippen LogP contribution in [-0.2, 0) is 0 Å². The molecule has 0 aliphatic carbocycles. The first-order chi connectivity index (χ1) is 17.2. The smallest absolute Gasteiger partial charge is 0.161 e. The lowest BCUT2D eigenvalue weighted by atomic mass is 10.1. The normalized spacial score (nSPS) is 11.6. The SMILES string of the molecule is CN(C)CCOc1cncc(-c2ccc3[nH]nc(-c4nc5c(-c6cccs6)cncc5[nH]4)c3n2)c1. The van der Waals surface area contributed by atoms with Crippen molar-refractivity contribution in [3.63, 3.8) is 0 Å². The van der Waals surface area contributed by atoms with Crippen molar-refractivity contribution in [1.29, 1.82) is 0 Å². The Balaban J connectivity index is 1.38. The molecule has 0 amide bonds.